The molecule has 0 spiro atoms. The van der Waals surface area contributed by atoms with E-state index in [1.165, 1.54) is 25.7 Å². The maximum absolute atomic E-state index is 2.56. The van der Waals surface area contributed by atoms with E-state index in [9.17, 15) is 0 Å². The first-order valence-corrected chi connectivity index (χ1v) is 10.6. The molecule has 0 heteroatoms. The fraction of sp³-hybridized carbons (Fsp3) is 1.00. The van der Waals surface area contributed by atoms with Crippen molar-refractivity contribution in [1.82, 2.24) is 0 Å². The third-order valence-corrected chi connectivity index (χ3v) is 8.11. The second-order valence-electron chi connectivity index (χ2n) is 9.99. The predicted molar refractivity (Wildman–Crippen MR) is 106 cm³/mol. The molecule has 1 rings (SSSR count). The van der Waals surface area contributed by atoms with E-state index in [4.69, 9.17) is 0 Å². The Hall–Kier alpha value is 0. The van der Waals surface area contributed by atoms with Crippen LogP contribution >= 0.6 is 0 Å². The Labute approximate surface area is 148 Å². The highest BCUT2D eigenvalue weighted by molar-refractivity contribution is 4.98. The summed E-state index contributed by atoms with van der Waals surface area (Å²) in [6.45, 7) is 24.8. The van der Waals surface area contributed by atoms with Crippen LogP contribution in [0.25, 0.3) is 0 Å². The van der Waals surface area contributed by atoms with Crippen LogP contribution in [-0.2, 0) is 0 Å². The molecule has 1 saturated carbocycles. The molecular weight excluding hydrogens is 276 g/mol. The van der Waals surface area contributed by atoms with Gasteiger partial charge in [0.15, 0.2) is 0 Å². The zero-order valence-corrected chi connectivity index (χ0v) is 17.9. The maximum atomic E-state index is 2.56. The SMILES string of the molecule is CCC(C(C)C(C)C(C)C)C1(C(C)C)CCC(C)C(C(C)C)C1. The molecule has 6 unspecified atom stereocenters. The van der Waals surface area contributed by atoms with Crippen LogP contribution in [0.1, 0.15) is 94.9 Å². The first-order chi connectivity index (χ1) is 10.6. The van der Waals surface area contributed by atoms with E-state index in [0.717, 1.165) is 47.3 Å². The van der Waals surface area contributed by atoms with Gasteiger partial charge in [0.25, 0.3) is 0 Å². The first-order valence-electron chi connectivity index (χ1n) is 10.6. The van der Waals surface area contributed by atoms with Crippen molar-refractivity contribution in [2.75, 3.05) is 0 Å². The molecule has 0 amide bonds. The number of hydrogen-bond donors (Lipinski definition) is 0. The Balaban J connectivity index is 3.16. The second-order valence-corrected chi connectivity index (χ2v) is 9.99. The summed E-state index contributed by atoms with van der Waals surface area (Å²) in [6.07, 6.45) is 5.73. The molecule has 0 aliphatic heterocycles. The monoisotopic (exact) mass is 322 g/mol. The van der Waals surface area contributed by atoms with E-state index in [1.54, 1.807) is 0 Å². The van der Waals surface area contributed by atoms with E-state index in [-0.39, 0.29) is 0 Å². The minimum absolute atomic E-state index is 0.568. The molecule has 1 aliphatic rings. The largest absolute Gasteiger partial charge is 0.0651 e. The Morgan fingerprint density at radius 3 is 1.87 bits per heavy atom. The zero-order chi connectivity index (χ0) is 17.9. The number of rotatable bonds is 7. The summed E-state index contributed by atoms with van der Waals surface area (Å²) < 4.78 is 0. The third kappa shape index (κ3) is 4.35. The lowest BCUT2D eigenvalue weighted by Gasteiger charge is -2.55. The van der Waals surface area contributed by atoms with Gasteiger partial charge >= 0.3 is 0 Å². The molecule has 1 aliphatic carbocycles. The molecule has 0 saturated heterocycles. The van der Waals surface area contributed by atoms with Crippen molar-refractivity contribution >= 4 is 0 Å². The summed E-state index contributed by atoms with van der Waals surface area (Å²) in [5, 5.41) is 0. The molecule has 0 radical (unpaired) electrons. The fourth-order valence-corrected chi connectivity index (χ4v) is 5.91. The number of hydrogen-bond acceptors (Lipinski definition) is 0. The second kappa shape index (κ2) is 8.39. The van der Waals surface area contributed by atoms with Gasteiger partial charge in [-0.3, -0.25) is 0 Å². The standard InChI is InChI=1S/C23H46/c1-11-22(20(10)19(9)15(2)3)23(17(6)7)13-12-18(8)21(14-23)16(4)5/h15-22H,11-14H2,1-10H3. The van der Waals surface area contributed by atoms with Crippen molar-refractivity contribution in [3.05, 3.63) is 0 Å². The smallest absolute Gasteiger partial charge is 0.0241 e. The van der Waals surface area contributed by atoms with Gasteiger partial charge in [0.05, 0.1) is 0 Å². The highest BCUT2D eigenvalue weighted by atomic mass is 14.5. The van der Waals surface area contributed by atoms with E-state index in [2.05, 4.69) is 69.2 Å². The summed E-state index contributed by atoms with van der Waals surface area (Å²) in [5.41, 5.74) is 0.568. The molecule has 0 aromatic rings. The maximum Gasteiger partial charge on any atom is -0.0241 e. The lowest BCUT2D eigenvalue weighted by Crippen LogP contribution is -2.47. The Morgan fingerprint density at radius 1 is 0.913 bits per heavy atom. The minimum Gasteiger partial charge on any atom is -0.0651 e. The van der Waals surface area contributed by atoms with Crippen molar-refractivity contribution in [3.63, 3.8) is 0 Å². The molecular formula is C23H46. The summed E-state index contributed by atoms with van der Waals surface area (Å²) in [7, 11) is 0. The lowest BCUT2D eigenvalue weighted by molar-refractivity contribution is -0.0539. The predicted octanol–water partition coefficient (Wildman–Crippen LogP) is 7.68. The lowest BCUT2D eigenvalue weighted by atomic mass is 9.50. The summed E-state index contributed by atoms with van der Waals surface area (Å²) >= 11 is 0. The molecule has 0 N–H and O–H groups in total. The van der Waals surface area contributed by atoms with Gasteiger partial charge in [0, 0.05) is 0 Å². The van der Waals surface area contributed by atoms with Crippen molar-refractivity contribution in [2.45, 2.75) is 94.9 Å². The van der Waals surface area contributed by atoms with Gasteiger partial charge in [0.2, 0.25) is 0 Å². The normalized spacial score (nSPS) is 33.3. The topological polar surface area (TPSA) is 0 Å². The van der Waals surface area contributed by atoms with Crippen LogP contribution in [0.15, 0.2) is 0 Å². The van der Waals surface area contributed by atoms with Gasteiger partial charge in [-0.2, -0.15) is 0 Å². The van der Waals surface area contributed by atoms with Crippen LogP contribution in [-0.4, -0.2) is 0 Å². The average Bonchev–Trinajstić information content (AvgIpc) is 2.47. The van der Waals surface area contributed by atoms with Gasteiger partial charge in [0.1, 0.15) is 0 Å². The van der Waals surface area contributed by atoms with Crippen molar-refractivity contribution < 1.29 is 0 Å². The van der Waals surface area contributed by atoms with E-state index < -0.39 is 0 Å². The van der Waals surface area contributed by atoms with Gasteiger partial charge in [-0.05, 0) is 72.0 Å². The molecule has 0 bridgehead atoms. The quantitative estimate of drug-likeness (QED) is 0.451. The highest BCUT2D eigenvalue weighted by Crippen LogP contribution is 2.57. The fourth-order valence-electron chi connectivity index (χ4n) is 5.91. The molecule has 138 valence electrons. The van der Waals surface area contributed by atoms with Gasteiger partial charge in [-0.15, -0.1) is 0 Å². The van der Waals surface area contributed by atoms with Gasteiger partial charge in [-0.1, -0.05) is 75.7 Å². The summed E-state index contributed by atoms with van der Waals surface area (Å²) in [5.74, 6) is 6.82. The molecule has 6 atom stereocenters. The first kappa shape index (κ1) is 21.0. The van der Waals surface area contributed by atoms with Crippen LogP contribution < -0.4 is 0 Å². The van der Waals surface area contributed by atoms with Crippen LogP contribution in [0.5, 0.6) is 0 Å². The Kier molecular flexibility index (Phi) is 7.68. The van der Waals surface area contributed by atoms with E-state index in [0.29, 0.717) is 5.41 Å². The molecule has 1 fully saturated rings. The molecule has 0 heterocycles. The van der Waals surface area contributed by atoms with Crippen LogP contribution in [0, 0.1) is 52.8 Å². The molecule has 0 aromatic heterocycles. The van der Waals surface area contributed by atoms with Crippen molar-refractivity contribution in [1.29, 1.82) is 0 Å². The van der Waals surface area contributed by atoms with Crippen LogP contribution in [0.3, 0.4) is 0 Å². The Bertz CT molecular complexity index is 340. The van der Waals surface area contributed by atoms with Crippen molar-refractivity contribution in [3.8, 4) is 0 Å². The van der Waals surface area contributed by atoms with Gasteiger partial charge in [-0.25, -0.2) is 0 Å². The van der Waals surface area contributed by atoms with Crippen molar-refractivity contribution in [2.24, 2.45) is 52.8 Å². The molecule has 0 nitrogen and oxygen atoms in total. The average molecular weight is 323 g/mol. The molecule has 23 heavy (non-hydrogen) atoms. The molecule has 0 aromatic carbocycles. The zero-order valence-electron chi connectivity index (χ0n) is 17.9. The third-order valence-electron chi connectivity index (χ3n) is 8.11. The Morgan fingerprint density at radius 2 is 1.48 bits per heavy atom. The highest BCUT2D eigenvalue weighted by Gasteiger charge is 2.48. The van der Waals surface area contributed by atoms with Gasteiger partial charge < -0.3 is 0 Å². The van der Waals surface area contributed by atoms with E-state index >= 15 is 0 Å². The minimum atomic E-state index is 0.568. The van der Waals surface area contributed by atoms with E-state index in [1.807, 2.05) is 0 Å². The van der Waals surface area contributed by atoms with Crippen LogP contribution in [0.2, 0.25) is 0 Å². The van der Waals surface area contributed by atoms with Crippen LogP contribution in [0.4, 0.5) is 0 Å². The summed E-state index contributed by atoms with van der Waals surface area (Å²) in [4.78, 5) is 0. The summed E-state index contributed by atoms with van der Waals surface area (Å²) in [6, 6.07) is 0.